The Morgan fingerprint density at radius 3 is 2.36 bits per heavy atom. The zero-order chi connectivity index (χ0) is 26.8. The van der Waals surface area contributed by atoms with E-state index in [2.05, 4.69) is 4.98 Å². The van der Waals surface area contributed by atoms with Gasteiger partial charge in [0.2, 0.25) is 10.0 Å². The van der Waals surface area contributed by atoms with E-state index in [0.29, 0.717) is 16.9 Å². The number of esters is 1. The van der Waals surface area contributed by atoms with Crippen LogP contribution < -0.4 is 4.74 Å². The zero-order valence-electron chi connectivity index (χ0n) is 22.3. The molecule has 0 amide bonds. The van der Waals surface area contributed by atoms with Crippen molar-refractivity contribution in [2.24, 2.45) is 0 Å². The Labute approximate surface area is 213 Å². The van der Waals surface area contributed by atoms with Crippen LogP contribution in [0.25, 0.3) is 10.9 Å². The molecular weight excluding hydrogens is 480 g/mol. The van der Waals surface area contributed by atoms with Crippen LogP contribution in [0.15, 0.2) is 41.4 Å². The molecule has 0 aliphatic heterocycles. The van der Waals surface area contributed by atoms with Crippen LogP contribution in [-0.4, -0.2) is 56.1 Å². The first-order chi connectivity index (χ1) is 16.8. The number of H-pyrrole nitrogens is 1. The van der Waals surface area contributed by atoms with Crippen molar-refractivity contribution in [1.29, 1.82) is 0 Å². The van der Waals surface area contributed by atoms with Gasteiger partial charge in [-0.15, -0.1) is 0 Å². The summed E-state index contributed by atoms with van der Waals surface area (Å²) in [6.45, 7) is 10.6. The largest absolute Gasteiger partial charge is 0.496 e. The second-order valence-corrected chi connectivity index (χ2v) is 11.7. The molecule has 1 N–H and O–H groups in total. The molecule has 2 aromatic carbocycles. The molecule has 0 radical (unpaired) electrons. The number of nitrogens with one attached hydrogen (secondary N) is 1. The molecule has 3 aromatic rings. The molecule has 0 saturated heterocycles. The second-order valence-electron chi connectivity index (χ2n) is 9.89. The summed E-state index contributed by atoms with van der Waals surface area (Å²) >= 11 is 0. The molecule has 9 heteroatoms. The number of ether oxygens (including phenoxy) is 3. The number of aromatic amines is 1. The summed E-state index contributed by atoms with van der Waals surface area (Å²) in [6, 6.07) is 8.08. The standard InChI is InChI=1S/C27H36N2O6S/c1-17-13-24(33-7)18(2)19(3)25(17)36(31,32)29(23(26(30)34-8)16-35-27(4,5)6)15-20-9-10-22-21(14-20)11-12-28-22/h9-14,23,28H,15-16H2,1-8H3/t23-/m1/s1. The maximum atomic E-state index is 14.3. The van der Waals surface area contributed by atoms with Gasteiger partial charge in [-0.3, -0.25) is 4.79 Å². The number of carbonyl (C=O) groups is 1. The first-order valence-corrected chi connectivity index (χ1v) is 13.2. The van der Waals surface area contributed by atoms with Crippen LogP contribution in [0.2, 0.25) is 0 Å². The predicted octanol–water partition coefficient (Wildman–Crippen LogP) is 4.65. The quantitative estimate of drug-likeness (QED) is 0.416. The fourth-order valence-electron chi connectivity index (χ4n) is 4.22. The highest BCUT2D eigenvalue weighted by molar-refractivity contribution is 7.89. The number of hydrogen-bond acceptors (Lipinski definition) is 6. The van der Waals surface area contributed by atoms with Crippen LogP contribution in [0.3, 0.4) is 0 Å². The lowest BCUT2D eigenvalue weighted by Gasteiger charge is -2.32. The highest BCUT2D eigenvalue weighted by Gasteiger charge is 2.39. The molecule has 0 aliphatic rings. The number of aryl methyl sites for hydroxylation is 1. The molecule has 1 heterocycles. The van der Waals surface area contributed by atoms with Gasteiger partial charge in [0.05, 0.1) is 31.3 Å². The number of rotatable bonds is 9. The van der Waals surface area contributed by atoms with Crippen LogP contribution in [0, 0.1) is 20.8 Å². The molecule has 1 aromatic heterocycles. The molecule has 0 fully saturated rings. The molecular formula is C27H36N2O6S. The van der Waals surface area contributed by atoms with E-state index in [1.165, 1.54) is 11.4 Å². The van der Waals surface area contributed by atoms with E-state index in [1.807, 2.05) is 58.2 Å². The van der Waals surface area contributed by atoms with Crippen molar-refractivity contribution >= 4 is 26.9 Å². The van der Waals surface area contributed by atoms with E-state index in [9.17, 15) is 13.2 Å². The average molecular weight is 517 g/mol. The molecule has 0 bridgehead atoms. The highest BCUT2D eigenvalue weighted by atomic mass is 32.2. The van der Waals surface area contributed by atoms with E-state index < -0.39 is 27.6 Å². The monoisotopic (exact) mass is 516 g/mol. The minimum absolute atomic E-state index is 0.0410. The number of fused-ring (bicyclic) bond motifs is 1. The van der Waals surface area contributed by atoms with E-state index in [4.69, 9.17) is 14.2 Å². The fraction of sp³-hybridized carbons (Fsp3) is 0.444. The number of sulfonamides is 1. The number of benzene rings is 2. The topological polar surface area (TPSA) is 97.9 Å². The van der Waals surface area contributed by atoms with Crippen molar-refractivity contribution in [1.82, 2.24) is 9.29 Å². The van der Waals surface area contributed by atoms with E-state index in [1.54, 1.807) is 27.0 Å². The summed E-state index contributed by atoms with van der Waals surface area (Å²) in [5, 5.41) is 0.943. The summed E-state index contributed by atoms with van der Waals surface area (Å²) in [5.74, 6) is -0.0833. The third-order valence-electron chi connectivity index (χ3n) is 6.22. The SMILES string of the molecule is COC(=O)[C@@H](COC(C)(C)C)N(Cc1ccc2[nH]ccc2c1)S(=O)(=O)c1c(C)cc(OC)c(C)c1C. The van der Waals surface area contributed by atoms with Crippen molar-refractivity contribution in [2.75, 3.05) is 20.8 Å². The van der Waals surface area contributed by atoms with Crippen molar-refractivity contribution < 1.29 is 27.4 Å². The van der Waals surface area contributed by atoms with E-state index in [-0.39, 0.29) is 18.0 Å². The van der Waals surface area contributed by atoms with Crippen LogP contribution in [-0.2, 0) is 30.8 Å². The smallest absolute Gasteiger partial charge is 0.326 e. The second kappa shape index (κ2) is 10.6. The summed E-state index contributed by atoms with van der Waals surface area (Å²) in [5.41, 5.74) is 2.89. The van der Waals surface area contributed by atoms with Gasteiger partial charge in [0, 0.05) is 18.3 Å². The summed E-state index contributed by atoms with van der Waals surface area (Å²) in [4.78, 5) is 16.3. The van der Waals surface area contributed by atoms with Gasteiger partial charge in [0.15, 0.2) is 0 Å². The Morgan fingerprint density at radius 1 is 1.06 bits per heavy atom. The molecule has 0 aliphatic carbocycles. The fourth-order valence-corrected chi connectivity index (χ4v) is 6.27. The van der Waals surface area contributed by atoms with Gasteiger partial charge < -0.3 is 19.2 Å². The minimum Gasteiger partial charge on any atom is -0.496 e. The maximum Gasteiger partial charge on any atom is 0.326 e. The van der Waals surface area contributed by atoms with Gasteiger partial charge in [-0.25, -0.2) is 8.42 Å². The first-order valence-electron chi connectivity index (χ1n) is 11.7. The lowest BCUT2D eigenvalue weighted by atomic mass is 10.1. The van der Waals surface area contributed by atoms with Crippen LogP contribution in [0.1, 0.15) is 43.0 Å². The maximum absolute atomic E-state index is 14.3. The van der Waals surface area contributed by atoms with Crippen molar-refractivity contribution in [3.63, 3.8) is 0 Å². The molecule has 3 rings (SSSR count). The number of hydrogen-bond donors (Lipinski definition) is 1. The molecule has 36 heavy (non-hydrogen) atoms. The minimum atomic E-state index is -4.18. The molecule has 0 saturated carbocycles. The van der Waals surface area contributed by atoms with Gasteiger partial charge in [-0.2, -0.15) is 4.31 Å². The Bertz CT molecular complexity index is 1350. The molecule has 1 atom stereocenters. The normalized spacial score (nSPS) is 13.2. The van der Waals surface area contributed by atoms with Crippen molar-refractivity contribution in [2.45, 2.75) is 64.6 Å². The Hall–Kier alpha value is -2.88. The Kier molecular flexibility index (Phi) is 8.17. The van der Waals surface area contributed by atoms with Crippen molar-refractivity contribution in [3.8, 4) is 5.75 Å². The third kappa shape index (κ3) is 5.74. The Morgan fingerprint density at radius 2 is 1.75 bits per heavy atom. The van der Waals surface area contributed by atoms with Crippen LogP contribution in [0.5, 0.6) is 5.75 Å². The predicted molar refractivity (Wildman–Crippen MR) is 140 cm³/mol. The average Bonchev–Trinajstić information content (AvgIpc) is 3.27. The number of nitrogens with zero attached hydrogens (tertiary/aromatic N) is 1. The summed E-state index contributed by atoms with van der Waals surface area (Å²) in [6.07, 6.45) is 1.82. The molecule has 0 unspecified atom stereocenters. The van der Waals surface area contributed by atoms with E-state index >= 15 is 0 Å². The van der Waals surface area contributed by atoms with E-state index in [0.717, 1.165) is 22.0 Å². The summed E-state index contributed by atoms with van der Waals surface area (Å²) < 4.78 is 46.3. The van der Waals surface area contributed by atoms with Gasteiger partial charge in [-0.1, -0.05) is 6.07 Å². The van der Waals surface area contributed by atoms with Gasteiger partial charge >= 0.3 is 5.97 Å². The molecule has 0 spiro atoms. The van der Waals surface area contributed by atoms with Gasteiger partial charge in [0.1, 0.15) is 11.8 Å². The summed E-state index contributed by atoms with van der Waals surface area (Å²) in [7, 11) is -1.38. The lowest BCUT2D eigenvalue weighted by Crippen LogP contribution is -2.49. The Balaban J connectivity index is 2.19. The number of carbonyl (C=O) groups excluding carboxylic acids is 1. The zero-order valence-corrected chi connectivity index (χ0v) is 23.1. The first kappa shape index (κ1) is 27.7. The van der Waals surface area contributed by atoms with Crippen LogP contribution in [0.4, 0.5) is 0 Å². The van der Waals surface area contributed by atoms with Gasteiger partial charge in [0.25, 0.3) is 0 Å². The number of methoxy groups -OCH3 is 2. The number of aromatic nitrogens is 1. The van der Waals surface area contributed by atoms with Crippen LogP contribution >= 0.6 is 0 Å². The molecule has 8 nitrogen and oxygen atoms in total. The molecule has 196 valence electrons. The highest BCUT2D eigenvalue weighted by Crippen LogP contribution is 2.34. The van der Waals surface area contributed by atoms with Crippen molar-refractivity contribution in [3.05, 3.63) is 58.8 Å². The lowest BCUT2D eigenvalue weighted by molar-refractivity contribution is -0.149. The third-order valence-corrected chi connectivity index (χ3v) is 8.36. The van der Waals surface area contributed by atoms with Gasteiger partial charge in [-0.05, 0) is 93.4 Å².